The maximum atomic E-state index is 11.8. The first-order valence-corrected chi connectivity index (χ1v) is 8.58. The highest BCUT2D eigenvalue weighted by Gasteiger charge is 2.22. The minimum absolute atomic E-state index is 0.0342. The molecule has 0 bridgehead atoms. The van der Waals surface area contributed by atoms with Crippen LogP contribution in [0.15, 0.2) is 18.2 Å². The lowest BCUT2D eigenvalue weighted by Crippen LogP contribution is -2.35. The van der Waals surface area contributed by atoms with Gasteiger partial charge in [0.1, 0.15) is 5.75 Å². The van der Waals surface area contributed by atoms with Gasteiger partial charge >= 0.3 is 0 Å². The van der Waals surface area contributed by atoms with Gasteiger partial charge in [0.2, 0.25) is 10.0 Å². The van der Waals surface area contributed by atoms with Gasteiger partial charge in [0, 0.05) is 13.6 Å². The molecule has 116 valence electrons. The summed E-state index contributed by atoms with van der Waals surface area (Å²) in [6.45, 7) is 2.19. The second-order valence-electron chi connectivity index (χ2n) is 5.04. The quantitative estimate of drug-likeness (QED) is 0.858. The molecule has 0 saturated heterocycles. The van der Waals surface area contributed by atoms with Crippen LogP contribution in [-0.4, -0.2) is 33.7 Å². The van der Waals surface area contributed by atoms with E-state index in [1.165, 1.54) is 4.90 Å². The first-order valence-electron chi connectivity index (χ1n) is 6.92. The number of carbonyl (C=O) groups is 1. The topological polar surface area (TPSA) is 75.7 Å². The lowest BCUT2D eigenvalue weighted by molar-refractivity contribution is -0.120. The van der Waals surface area contributed by atoms with Crippen molar-refractivity contribution in [2.45, 2.75) is 26.3 Å². The summed E-state index contributed by atoms with van der Waals surface area (Å²) in [7, 11) is -1.57. The Labute approximate surface area is 125 Å². The van der Waals surface area contributed by atoms with Crippen molar-refractivity contribution in [2.75, 3.05) is 24.3 Å². The van der Waals surface area contributed by atoms with Crippen LogP contribution in [0.1, 0.15) is 25.3 Å². The molecule has 7 heteroatoms. The predicted molar refractivity (Wildman–Crippen MR) is 80.9 cm³/mol. The summed E-state index contributed by atoms with van der Waals surface area (Å²) in [5.41, 5.74) is 1.45. The number of unbranched alkanes of at least 4 members (excludes halogenated alkanes) is 1. The van der Waals surface area contributed by atoms with Crippen molar-refractivity contribution >= 4 is 21.6 Å². The highest BCUT2D eigenvalue weighted by molar-refractivity contribution is 7.89. The number of amides is 1. The van der Waals surface area contributed by atoms with Crippen LogP contribution in [-0.2, 0) is 21.4 Å². The summed E-state index contributed by atoms with van der Waals surface area (Å²) in [5, 5.41) is 0. The monoisotopic (exact) mass is 312 g/mol. The minimum Gasteiger partial charge on any atom is -0.482 e. The Balaban J connectivity index is 2.07. The second-order valence-corrected chi connectivity index (χ2v) is 6.96. The average molecular weight is 312 g/mol. The predicted octanol–water partition coefficient (Wildman–Crippen LogP) is 1.26. The molecule has 0 aliphatic carbocycles. The van der Waals surface area contributed by atoms with Gasteiger partial charge in [-0.15, -0.1) is 0 Å². The van der Waals surface area contributed by atoms with E-state index in [1.54, 1.807) is 25.2 Å². The molecule has 1 heterocycles. The molecule has 0 atom stereocenters. The molecule has 0 spiro atoms. The maximum Gasteiger partial charge on any atom is 0.264 e. The summed E-state index contributed by atoms with van der Waals surface area (Å²) in [4.78, 5) is 13.1. The van der Waals surface area contributed by atoms with Gasteiger partial charge in [0.25, 0.3) is 5.91 Å². The Kier molecular flexibility index (Phi) is 4.84. The van der Waals surface area contributed by atoms with Crippen LogP contribution in [0.5, 0.6) is 5.75 Å². The van der Waals surface area contributed by atoms with E-state index in [9.17, 15) is 13.2 Å². The number of hydrogen-bond donors (Lipinski definition) is 1. The molecule has 1 aliphatic rings. The van der Waals surface area contributed by atoms with Crippen LogP contribution >= 0.6 is 0 Å². The maximum absolute atomic E-state index is 11.8. The molecule has 21 heavy (non-hydrogen) atoms. The van der Waals surface area contributed by atoms with Gasteiger partial charge in [-0.3, -0.25) is 4.79 Å². The highest BCUT2D eigenvalue weighted by atomic mass is 32.2. The van der Waals surface area contributed by atoms with Crippen LogP contribution in [0.25, 0.3) is 0 Å². The van der Waals surface area contributed by atoms with E-state index < -0.39 is 10.0 Å². The fraction of sp³-hybridized carbons (Fsp3) is 0.500. The standard InChI is InChI=1S/C14H20N2O4S/c1-3-4-7-21(18,19)15-9-11-5-6-13-12(8-11)16(2)14(17)10-20-13/h5-6,8,15H,3-4,7,9-10H2,1-2H3. The zero-order chi connectivity index (χ0) is 15.5. The van der Waals surface area contributed by atoms with E-state index in [4.69, 9.17) is 4.74 Å². The van der Waals surface area contributed by atoms with Gasteiger partial charge in [-0.2, -0.15) is 0 Å². The zero-order valence-corrected chi connectivity index (χ0v) is 13.1. The smallest absolute Gasteiger partial charge is 0.264 e. The fourth-order valence-corrected chi connectivity index (χ4v) is 3.23. The van der Waals surface area contributed by atoms with Gasteiger partial charge in [-0.1, -0.05) is 19.4 Å². The first kappa shape index (κ1) is 15.8. The molecule has 0 unspecified atom stereocenters. The Hall–Kier alpha value is -1.60. The zero-order valence-electron chi connectivity index (χ0n) is 12.3. The van der Waals surface area contributed by atoms with Crippen molar-refractivity contribution in [1.29, 1.82) is 0 Å². The third-order valence-electron chi connectivity index (χ3n) is 3.37. The molecule has 0 fully saturated rings. The number of anilines is 1. The van der Waals surface area contributed by atoms with E-state index in [-0.39, 0.29) is 24.8 Å². The van der Waals surface area contributed by atoms with Crippen molar-refractivity contribution in [3.8, 4) is 5.75 Å². The van der Waals surface area contributed by atoms with Gasteiger partial charge in [-0.05, 0) is 24.1 Å². The van der Waals surface area contributed by atoms with Crippen LogP contribution in [0, 0.1) is 0 Å². The molecule has 0 radical (unpaired) electrons. The Morgan fingerprint density at radius 2 is 2.14 bits per heavy atom. The van der Waals surface area contributed by atoms with Gasteiger partial charge in [0.05, 0.1) is 11.4 Å². The lowest BCUT2D eigenvalue weighted by atomic mass is 10.1. The number of carbonyl (C=O) groups excluding carboxylic acids is 1. The SMILES string of the molecule is CCCCS(=O)(=O)NCc1ccc2c(c1)N(C)C(=O)CO2. The molecule has 1 aromatic rings. The van der Waals surface area contributed by atoms with E-state index >= 15 is 0 Å². The molecule has 1 aliphatic heterocycles. The number of ether oxygens (including phenoxy) is 1. The molecule has 0 saturated carbocycles. The molecule has 1 amide bonds. The van der Waals surface area contributed by atoms with Gasteiger partial charge < -0.3 is 9.64 Å². The summed E-state index contributed by atoms with van der Waals surface area (Å²) in [6.07, 6.45) is 1.48. The molecular weight excluding hydrogens is 292 g/mol. The van der Waals surface area contributed by atoms with Crippen molar-refractivity contribution in [1.82, 2.24) is 4.72 Å². The normalized spacial score (nSPS) is 14.8. The number of rotatable bonds is 6. The van der Waals surface area contributed by atoms with Crippen molar-refractivity contribution in [3.05, 3.63) is 23.8 Å². The molecule has 1 aromatic carbocycles. The first-order chi connectivity index (χ1) is 9.93. The van der Waals surface area contributed by atoms with E-state index in [1.807, 2.05) is 6.92 Å². The minimum atomic E-state index is -3.25. The van der Waals surface area contributed by atoms with Crippen LogP contribution in [0.3, 0.4) is 0 Å². The van der Waals surface area contributed by atoms with Crippen LogP contribution in [0.4, 0.5) is 5.69 Å². The third-order valence-corrected chi connectivity index (χ3v) is 4.78. The number of hydrogen-bond acceptors (Lipinski definition) is 4. The molecule has 6 nitrogen and oxygen atoms in total. The summed E-state index contributed by atoms with van der Waals surface area (Å²) in [6, 6.07) is 5.33. The van der Waals surface area contributed by atoms with Crippen molar-refractivity contribution in [2.24, 2.45) is 0 Å². The van der Waals surface area contributed by atoms with Crippen molar-refractivity contribution in [3.63, 3.8) is 0 Å². The van der Waals surface area contributed by atoms with E-state index in [0.717, 1.165) is 12.0 Å². The van der Waals surface area contributed by atoms with Gasteiger partial charge in [0.15, 0.2) is 6.61 Å². The second kappa shape index (κ2) is 6.44. The Bertz CT molecular complexity index is 628. The van der Waals surface area contributed by atoms with Crippen molar-refractivity contribution < 1.29 is 17.9 Å². The number of nitrogens with one attached hydrogen (secondary N) is 1. The Morgan fingerprint density at radius 1 is 1.38 bits per heavy atom. The molecular formula is C14H20N2O4S. The van der Waals surface area contributed by atoms with Crippen LogP contribution < -0.4 is 14.4 Å². The Morgan fingerprint density at radius 3 is 2.86 bits per heavy atom. The average Bonchev–Trinajstić information content (AvgIpc) is 2.47. The van der Waals surface area contributed by atoms with E-state index in [0.29, 0.717) is 17.9 Å². The molecule has 1 N–H and O–H groups in total. The molecule has 2 rings (SSSR count). The number of nitrogens with zero attached hydrogens (tertiary/aromatic N) is 1. The molecule has 0 aromatic heterocycles. The number of benzene rings is 1. The number of fused-ring (bicyclic) bond motifs is 1. The fourth-order valence-electron chi connectivity index (χ4n) is 2.03. The summed E-state index contributed by atoms with van der Waals surface area (Å²) in [5.74, 6) is 0.647. The van der Waals surface area contributed by atoms with Crippen LogP contribution in [0.2, 0.25) is 0 Å². The number of sulfonamides is 1. The summed E-state index contributed by atoms with van der Waals surface area (Å²) < 4.78 is 31.4. The lowest BCUT2D eigenvalue weighted by Gasteiger charge is -2.26. The highest BCUT2D eigenvalue weighted by Crippen LogP contribution is 2.31. The van der Waals surface area contributed by atoms with E-state index in [2.05, 4.69) is 4.72 Å². The third kappa shape index (κ3) is 3.95. The number of likely N-dealkylation sites (N-methyl/N-ethyl adjacent to an activating group) is 1. The van der Waals surface area contributed by atoms with Gasteiger partial charge in [-0.25, -0.2) is 13.1 Å². The largest absolute Gasteiger partial charge is 0.482 e. The summed E-state index contributed by atoms with van der Waals surface area (Å²) >= 11 is 0.